The predicted octanol–water partition coefficient (Wildman–Crippen LogP) is 5.53. The third-order valence-corrected chi connectivity index (χ3v) is 4.81. The van der Waals surface area contributed by atoms with E-state index < -0.39 is 0 Å². The number of fused-ring (bicyclic) bond motifs is 3. The van der Waals surface area contributed by atoms with Crippen LogP contribution in [0.25, 0.3) is 32.7 Å². The molecule has 0 spiro atoms. The Bertz CT molecular complexity index is 1170. The third kappa shape index (κ3) is 2.34. The van der Waals surface area contributed by atoms with Crippen LogP contribution in [-0.4, -0.2) is 9.97 Å². The maximum atomic E-state index is 4.83. The Labute approximate surface area is 145 Å². The molecule has 0 unspecified atom stereocenters. The highest BCUT2D eigenvalue weighted by atomic mass is 14.7. The molecule has 2 nitrogen and oxygen atoms in total. The molecule has 2 heterocycles. The summed E-state index contributed by atoms with van der Waals surface area (Å²) in [5.41, 5.74) is 5.77. The van der Waals surface area contributed by atoms with E-state index in [0.717, 1.165) is 23.0 Å². The molecular formula is C23H16N2. The molecular weight excluding hydrogens is 304 g/mol. The maximum Gasteiger partial charge on any atom is 0.0712 e. The van der Waals surface area contributed by atoms with E-state index in [1.54, 1.807) is 0 Å². The second-order valence-corrected chi connectivity index (χ2v) is 6.29. The van der Waals surface area contributed by atoms with Gasteiger partial charge in [0.25, 0.3) is 0 Å². The number of aromatic nitrogens is 2. The van der Waals surface area contributed by atoms with Crippen LogP contribution in [-0.2, 0) is 6.42 Å². The van der Waals surface area contributed by atoms with Crippen LogP contribution >= 0.6 is 0 Å². The zero-order chi connectivity index (χ0) is 16.6. The zero-order valence-corrected chi connectivity index (χ0v) is 13.7. The molecule has 0 amide bonds. The van der Waals surface area contributed by atoms with Gasteiger partial charge >= 0.3 is 0 Å². The van der Waals surface area contributed by atoms with Crippen molar-refractivity contribution in [2.75, 3.05) is 0 Å². The van der Waals surface area contributed by atoms with Crippen LogP contribution in [0, 0.1) is 0 Å². The fourth-order valence-electron chi connectivity index (χ4n) is 3.62. The number of pyridine rings is 2. The first kappa shape index (κ1) is 14.1. The van der Waals surface area contributed by atoms with Crippen molar-refractivity contribution in [3.8, 4) is 0 Å². The highest BCUT2D eigenvalue weighted by molar-refractivity contribution is 5.98. The van der Waals surface area contributed by atoms with Gasteiger partial charge in [-0.25, -0.2) is 4.98 Å². The molecule has 118 valence electrons. The second kappa shape index (κ2) is 5.67. The SMILES string of the molecule is c1ccc2c(Cc3c4ccccc4nc4ccccc34)ccnc2c1. The summed E-state index contributed by atoms with van der Waals surface area (Å²) >= 11 is 0. The maximum absolute atomic E-state index is 4.83. The molecule has 0 aliphatic carbocycles. The van der Waals surface area contributed by atoms with Gasteiger partial charge in [0, 0.05) is 22.4 Å². The van der Waals surface area contributed by atoms with E-state index in [4.69, 9.17) is 4.98 Å². The smallest absolute Gasteiger partial charge is 0.0712 e. The van der Waals surface area contributed by atoms with E-state index >= 15 is 0 Å². The molecule has 0 N–H and O–H groups in total. The lowest BCUT2D eigenvalue weighted by Gasteiger charge is -2.12. The molecule has 0 aliphatic heterocycles. The van der Waals surface area contributed by atoms with Crippen molar-refractivity contribution in [2.45, 2.75) is 6.42 Å². The third-order valence-electron chi connectivity index (χ3n) is 4.81. The van der Waals surface area contributed by atoms with Crippen LogP contribution in [0.4, 0.5) is 0 Å². The summed E-state index contributed by atoms with van der Waals surface area (Å²) in [6, 6.07) is 27.3. The van der Waals surface area contributed by atoms with Crippen molar-refractivity contribution >= 4 is 32.7 Å². The van der Waals surface area contributed by atoms with Gasteiger partial charge < -0.3 is 0 Å². The molecule has 5 aromatic rings. The summed E-state index contributed by atoms with van der Waals surface area (Å²) in [6.45, 7) is 0. The van der Waals surface area contributed by atoms with Gasteiger partial charge in [-0.15, -0.1) is 0 Å². The average Bonchev–Trinajstić information content (AvgIpc) is 2.68. The number of hydrogen-bond acceptors (Lipinski definition) is 2. The van der Waals surface area contributed by atoms with Gasteiger partial charge in [-0.1, -0.05) is 54.6 Å². The Balaban J connectivity index is 1.81. The lowest BCUT2D eigenvalue weighted by atomic mass is 9.95. The van der Waals surface area contributed by atoms with Crippen LogP contribution in [0.3, 0.4) is 0 Å². The number of para-hydroxylation sites is 3. The molecule has 0 radical (unpaired) electrons. The van der Waals surface area contributed by atoms with E-state index in [1.165, 1.54) is 27.3 Å². The number of benzene rings is 3. The van der Waals surface area contributed by atoms with Crippen LogP contribution in [0.2, 0.25) is 0 Å². The summed E-state index contributed by atoms with van der Waals surface area (Å²) in [7, 11) is 0. The van der Waals surface area contributed by atoms with Crippen molar-refractivity contribution in [3.63, 3.8) is 0 Å². The highest BCUT2D eigenvalue weighted by Crippen LogP contribution is 2.29. The summed E-state index contributed by atoms with van der Waals surface area (Å²) in [4.78, 5) is 9.33. The van der Waals surface area contributed by atoms with Crippen LogP contribution < -0.4 is 0 Å². The first-order valence-corrected chi connectivity index (χ1v) is 8.49. The van der Waals surface area contributed by atoms with Gasteiger partial charge in [0.15, 0.2) is 0 Å². The van der Waals surface area contributed by atoms with E-state index in [1.807, 2.05) is 12.3 Å². The van der Waals surface area contributed by atoms with Gasteiger partial charge in [-0.05, 0) is 41.8 Å². The molecule has 0 saturated carbocycles. The largest absolute Gasteiger partial charge is 0.256 e. The number of hydrogen-bond donors (Lipinski definition) is 0. The van der Waals surface area contributed by atoms with Gasteiger partial charge in [0.2, 0.25) is 0 Å². The van der Waals surface area contributed by atoms with Crippen molar-refractivity contribution in [2.24, 2.45) is 0 Å². The molecule has 0 aliphatic rings. The molecule has 3 aromatic carbocycles. The Morgan fingerprint density at radius 3 is 1.80 bits per heavy atom. The Kier molecular flexibility index (Phi) is 3.20. The first-order chi connectivity index (χ1) is 12.4. The monoisotopic (exact) mass is 320 g/mol. The lowest BCUT2D eigenvalue weighted by molar-refractivity contribution is 1.23. The van der Waals surface area contributed by atoms with Gasteiger partial charge in [0.05, 0.1) is 16.6 Å². The molecule has 0 atom stereocenters. The minimum absolute atomic E-state index is 0.868. The molecule has 0 bridgehead atoms. The predicted molar refractivity (Wildman–Crippen MR) is 104 cm³/mol. The summed E-state index contributed by atoms with van der Waals surface area (Å²) in [6.07, 6.45) is 2.77. The van der Waals surface area contributed by atoms with Crippen molar-refractivity contribution in [3.05, 3.63) is 96.2 Å². The van der Waals surface area contributed by atoms with Gasteiger partial charge in [0.1, 0.15) is 0 Å². The van der Waals surface area contributed by atoms with E-state index in [-0.39, 0.29) is 0 Å². The molecule has 2 heteroatoms. The fourth-order valence-corrected chi connectivity index (χ4v) is 3.62. The standard InChI is InChI=1S/C23H16N2/c1-4-10-21-17(7-1)16(13-14-24-21)15-20-18-8-2-5-11-22(18)25-23-12-6-3-9-19(20)23/h1-14H,15H2. The summed E-state index contributed by atoms with van der Waals surface area (Å²) in [5, 5.41) is 3.67. The fraction of sp³-hybridized carbons (Fsp3) is 0.0435. The van der Waals surface area contributed by atoms with Crippen molar-refractivity contribution < 1.29 is 0 Å². The Morgan fingerprint density at radius 2 is 1.12 bits per heavy atom. The molecule has 2 aromatic heterocycles. The highest BCUT2D eigenvalue weighted by Gasteiger charge is 2.11. The number of rotatable bonds is 2. The molecule has 5 rings (SSSR count). The Morgan fingerprint density at radius 1 is 0.560 bits per heavy atom. The summed E-state index contributed by atoms with van der Waals surface area (Å²) in [5.74, 6) is 0. The first-order valence-electron chi connectivity index (χ1n) is 8.49. The normalized spacial score (nSPS) is 11.4. The quantitative estimate of drug-likeness (QED) is 0.400. The van der Waals surface area contributed by atoms with E-state index in [0.29, 0.717) is 0 Å². The van der Waals surface area contributed by atoms with Crippen LogP contribution in [0.1, 0.15) is 11.1 Å². The van der Waals surface area contributed by atoms with Crippen LogP contribution in [0.5, 0.6) is 0 Å². The minimum Gasteiger partial charge on any atom is -0.256 e. The van der Waals surface area contributed by atoms with Crippen molar-refractivity contribution in [1.29, 1.82) is 0 Å². The molecule has 25 heavy (non-hydrogen) atoms. The average molecular weight is 320 g/mol. The lowest BCUT2D eigenvalue weighted by Crippen LogP contribution is -1.96. The topological polar surface area (TPSA) is 25.8 Å². The zero-order valence-electron chi connectivity index (χ0n) is 13.7. The Hall–Kier alpha value is -3.26. The van der Waals surface area contributed by atoms with E-state index in [2.05, 4.69) is 77.8 Å². The van der Waals surface area contributed by atoms with E-state index in [9.17, 15) is 0 Å². The molecule has 0 fully saturated rings. The second-order valence-electron chi connectivity index (χ2n) is 6.29. The van der Waals surface area contributed by atoms with Crippen molar-refractivity contribution in [1.82, 2.24) is 9.97 Å². The number of nitrogens with zero attached hydrogens (tertiary/aromatic N) is 2. The van der Waals surface area contributed by atoms with Gasteiger partial charge in [-0.3, -0.25) is 4.98 Å². The minimum atomic E-state index is 0.868. The summed E-state index contributed by atoms with van der Waals surface area (Å²) < 4.78 is 0. The molecule has 0 saturated heterocycles. The van der Waals surface area contributed by atoms with Crippen LogP contribution in [0.15, 0.2) is 85.1 Å². The van der Waals surface area contributed by atoms with Gasteiger partial charge in [-0.2, -0.15) is 0 Å².